The van der Waals surface area contributed by atoms with Crippen molar-refractivity contribution in [2.75, 3.05) is 0 Å². The van der Waals surface area contributed by atoms with Crippen molar-refractivity contribution >= 4 is 12.2 Å². The van der Waals surface area contributed by atoms with E-state index in [4.69, 9.17) is 0 Å². The van der Waals surface area contributed by atoms with Crippen LogP contribution >= 0.6 is 0 Å². The Morgan fingerprint density at radius 3 is 1.72 bits per heavy atom. The Balaban J connectivity index is 2.26. The van der Waals surface area contributed by atoms with Crippen molar-refractivity contribution in [3.05, 3.63) is 69.8 Å². The minimum atomic E-state index is 1.25. The topological polar surface area (TPSA) is 0 Å². The molecule has 0 saturated heterocycles. The highest BCUT2D eigenvalue weighted by Gasteiger charge is 1.98. The minimum Gasteiger partial charge on any atom is -0.0587 e. The van der Waals surface area contributed by atoms with Gasteiger partial charge in [-0.15, -0.1) is 0 Å². The van der Waals surface area contributed by atoms with E-state index in [9.17, 15) is 0 Å². The molecule has 0 radical (unpaired) electrons. The molecule has 92 valence electrons. The van der Waals surface area contributed by atoms with Gasteiger partial charge in [0.25, 0.3) is 0 Å². The fourth-order valence-corrected chi connectivity index (χ4v) is 2.04. The molecule has 0 amide bonds. The second kappa shape index (κ2) is 5.22. The molecule has 0 bridgehead atoms. The van der Waals surface area contributed by atoms with Crippen molar-refractivity contribution in [2.45, 2.75) is 27.7 Å². The van der Waals surface area contributed by atoms with Crippen molar-refractivity contribution in [3.8, 4) is 0 Å². The summed E-state index contributed by atoms with van der Waals surface area (Å²) in [6.07, 6.45) is 4.35. The summed E-state index contributed by atoms with van der Waals surface area (Å²) in [7, 11) is 0. The highest BCUT2D eigenvalue weighted by molar-refractivity contribution is 5.70. The van der Waals surface area contributed by atoms with E-state index in [2.05, 4.69) is 76.2 Å². The molecule has 2 rings (SSSR count). The lowest BCUT2D eigenvalue weighted by Gasteiger charge is -2.06. The third-order valence-corrected chi connectivity index (χ3v) is 3.49. The monoisotopic (exact) mass is 236 g/mol. The van der Waals surface area contributed by atoms with E-state index < -0.39 is 0 Å². The maximum Gasteiger partial charge on any atom is -0.0251 e. The molecule has 0 aromatic heterocycles. The van der Waals surface area contributed by atoms with E-state index in [0.29, 0.717) is 0 Å². The van der Waals surface area contributed by atoms with Crippen molar-refractivity contribution < 1.29 is 0 Å². The van der Waals surface area contributed by atoms with Crippen LogP contribution in [0.15, 0.2) is 36.4 Å². The first kappa shape index (κ1) is 12.6. The van der Waals surface area contributed by atoms with E-state index in [1.165, 1.54) is 33.4 Å². The van der Waals surface area contributed by atoms with E-state index in [0.717, 1.165) is 0 Å². The van der Waals surface area contributed by atoms with Crippen LogP contribution in [0.4, 0.5) is 0 Å². The predicted octanol–water partition coefficient (Wildman–Crippen LogP) is 5.09. The fourth-order valence-electron chi connectivity index (χ4n) is 2.04. The van der Waals surface area contributed by atoms with Crippen LogP contribution in [0.5, 0.6) is 0 Å². The Kier molecular flexibility index (Phi) is 3.66. The molecule has 0 aliphatic heterocycles. The zero-order valence-electron chi connectivity index (χ0n) is 11.6. The molecule has 0 heterocycles. The van der Waals surface area contributed by atoms with Crippen LogP contribution in [0.2, 0.25) is 0 Å². The molecule has 0 saturated carbocycles. The van der Waals surface area contributed by atoms with Gasteiger partial charge in [-0.05, 0) is 55.5 Å². The molecular weight excluding hydrogens is 216 g/mol. The molecule has 2 aromatic carbocycles. The Hall–Kier alpha value is -1.82. The van der Waals surface area contributed by atoms with E-state index in [1.807, 2.05) is 0 Å². The number of rotatable bonds is 2. The molecule has 0 heteroatoms. The molecule has 0 aliphatic carbocycles. The molecule has 18 heavy (non-hydrogen) atoms. The molecule has 0 fully saturated rings. The number of benzene rings is 2. The predicted molar refractivity (Wildman–Crippen MR) is 80.8 cm³/mol. The van der Waals surface area contributed by atoms with Crippen molar-refractivity contribution in [3.63, 3.8) is 0 Å². The molecule has 0 atom stereocenters. The Bertz CT molecular complexity index is 548. The second-order valence-corrected chi connectivity index (χ2v) is 5.02. The van der Waals surface area contributed by atoms with Gasteiger partial charge in [-0.1, -0.05) is 54.1 Å². The molecule has 0 nitrogen and oxygen atoms in total. The highest BCUT2D eigenvalue weighted by atomic mass is 14.0. The molecule has 0 aliphatic rings. The summed E-state index contributed by atoms with van der Waals surface area (Å²) in [6.45, 7) is 8.63. The number of hydrogen-bond acceptors (Lipinski definition) is 0. The Morgan fingerprint density at radius 2 is 1.17 bits per heavy atom. The Labute approximate surface area is 110 Å². The van der Waals surface area contributed by atoms with Gasteiger partial charge < -0.3 is 0 Å². The summed E-state index contributed by atoms with van der Waals surface area (Å²) in [5.41, 5.74) is 7.93. The highest BCUT2D eigenvalue weighted by Crippen LogP contribution is 2.17. The van der Waals surface area contributed by atoms with E-state index in [1.54, 1.807) is 0 Å². The minimum absolute atomic E-state index is 1.25. The second-order valence-electron chi connectivity index (χ2n) is 5.02. The van der Waals surface area contributed by atoms with Crippen molar-refractivity contribution in [1.82, 2.24) is 0 Å². The summed E-state index contributed by atoms with van der Waals surface area (Å²) in [5, 5.41) is 0. The molecular formula is C18H20. The first-order valence-corrected chi connectivity index (χ1v) is 6.39. The molecule has 0 spiro atoms. The van der Waals surface area contributed by atoms with Gasteiger partial charge in [0.1, 0.15) is 0 Å². The quantitative estimate of drug-likeness (QED) is 0.637. The van der Waals surface area contributed by atoms with Crippen LogP contribution in [0.3, 0.4) is 0 Å². The molecule has 0 N–H and O–H groups in total. The van der Waals surface area contributed by atoms with Gasteiger partial charge in [0.05, 0.1) is 0 Å². The van der Waals surface area contributed by atoms with Gasteiger partial charge in [-0.2, -0.15) is 0 Å². The van der Waals surface area contributed by atoms with Crippen LogP contribution in [-0.2, 0) is 0 Å². The van der Waals surface area contributed by atoms with Crippen LogP contribution in [0.1, 0.15) is 33.4 Å². The van der Waals surface area contributed by atoms with Crippen LogP contribution in [0, 0.1) is 27.7 Å². The van der Waals surface area contributed by atoms with Gasteiger partial charge in [-0.25, -0.2) is 0 Å². The molecule has 0 unspecified atom stereocenters. The Morgan fingerprint density at radius 1 is 0.667 bits per heavy atom. The van der Waals surface area contributed by atoms with Crippen LogP contribution in [-0.4, -0.2) is 0 Å². The van der Waals surface area contributed by atoms with Gasteiger partial charge >= 0.3 is 0 Å². The zero-order chi connectivity index (χ0) is 13.1. The van der Waals surface area contributed by atoms with E-state index in [-0.39, 0.29) is 0 Å². The smallest absolute Gasteiger partial charge is 0.0251 e. The summed E-state index contributed by atoms with van der Waals surface area (Å²) < 4.78 is 0. The largest absolute Gasteiger partial charge is 0.0587 e. The van der Waals surface area contributed by atoms with Crippen molar-refractivity contribution in [1.29, 1.82) is 0 Å². The lowest BCUT2D eigenvalue weighted by atomic mass is 10.00. The number of hydrogen-bond donors (Lipinski definition) is 0. The third kappa shape index (κ3) is 2.89. The lowest BCUT2D eigenvalue weighted by Crippen LogP contribution is -1.87. The summed E-state index contributed by atoms with van der Waals surface area (Å²) in [4.78, 5) is 0. The maximum absolute atomic E-state index is 2.24. The normalized spacial score (nSPS) is 11.1. The van der Waals surface area contributed by atoms with Gasteiger partial charge in [-0.3, -0.25) is 0 Å². The average molecular weight is 236 g/mol. The summed E-state index contributed by atoms with van der Waals surface area (Å²) in [5.74, 6) is 0. The van der Waals surface area contributed by atoms with Crippen LogP contribution < -0.4 is 0 Å². The maximum atomic E-state index is 2.24. The van der Waals surface area contributed by atoms with Gasteiger partial charge in [0.2, 0.25) is 0 Å². The number of aryl methyl sites for hydroxylation is 3. The van der Waals surface area contributed by atoms with E-state index >= 15 is 0 Å². The third-order valence-electron chi connectivity index (χ3n) is 3.49. The first-order chi connectivity index (χ1) is 8.56. The van der Waals surface area contributed by atoms with Crippen molar-refractivity contribution in [2.24, 2.45) is 0 Å². The zero-order valence-corrected chi connectivity index (χ0v) is 11.6. The van der Waals surface area contributed by atoms with Crippen LogP contribution in [0.25, 0.3) is 12.2 Å². The molecule has 2 aromatic rings. The summed E-state index contributed by atoms with van der Waals surface area (Å²) in [6, 6.07) is 13.1. The van der Waals surface area contributed by atoms with Gasteiger partial charge in [0, 0.05) is 0 Å². The standard InChI is InChI=1S/C18H20/c1-13-5-7-17(8-6-13)9-10-18-11-14(2)16(4)15(3)12-18/h5-12H,1-4H3/b10-9+. The first-order valence-electron chi connectivity index (χ1n) is 6.39. The van der Waals surface area contributed by atoms with Gasteiger partial charge in [0.15, 0.2) is 0 Å². The summed E-state index contributed by atoms with van der Waals surface area (Å²) >= 11 is 0. The fraction of sp³-hybridized carbons (Fsp3) is 0.222. The average Bonchev–Trinajstić information content (AvgIpc) is 2.35. The SMILES string of the molecule is Cc1ccc(/C=C/c2cc(C)c(C)c(C)c2)cc1. The lowest BCUT2D eigenvalue weighted by molar-refractivity contribution is 1.26.